The van der Waals surface area contributed by atoms with Crippen LogP contribution in [0.3, 0.4) is 0 Å². The van der Waals surface area contributed by atoms with Crippen LogP contribution in [0.1, 0.15) is 23.4 Å². The van der Waals surface area contributed by atoms with Gasteiger partial charge in [0.25, 0.3) is 0 Å². The highest BCUT2D eigenvalue weighted by molar-refractivity contribution is 7.15. The predicted molar refractivity (Wildman–Crippen MR) is 72.9 cm³/mol. The lowest BCUT2D eigenvalue weighted by molar-refractivity contribution is -0.129. The van der Waals surface area contributed by atoms with Crippen molar-refractivity contribution in [3.63, 3.8) is 0 Å². The minimum absolute atomic E-state index is 0.256. The van der Waals surface area contributed by atoms with Gasteiger partial charge in [0.1, 0.15) is 0 Å². The lowest BCUT2D eigenvalue weighted by atomic mass is 9.96. The van der Waals surface area contributed by atoms with Crippen molar-refractivity contribution in [3.8, 4) is 0 Å². The van der Waals surface area contributed by atoms with Gasteiger partial charge in [-0.25, -0.2) is 4.98 Å². The first kappa shape index (κ1) is 12.2. The van der Waals surface area contributed by atoms with Gasteiger partial charge in [0, 0.05) is 36.2 Å². The van der Waals surface area contributed by atoms with Gasteiger partial charge >= 0.3 is 0 Å². The fourth-order valence-electron chi connectivity index (χ4n) is 2.91. The van der Waals surface area contributed by atoms with E-state index in [2.05, 4.69) is 4.98 Å². The number of aryl methyl sites for hydroxylation is 1. The van der Waals surface area contributed by atoms with Gasteiger partial charge in [-0.2, -0.15) is 0 Å². The molecule has 1 amide bonds. The smallest absolute Gasteiger partial charge is 0.223 e. The number of carbonyl (C=O) groups is 1. The Hall–Kier alpha value is -0.810. The molecule has 0 bridgehead atoms. The van der Waals surface area contributed by atoms with Crippen LogP contribution in [-0.4, -0.2) is 34.3 Å². The Morgan fingerprint density at radius 3 is 3.06 bits per heavy atom. The number of carbonyl (C=O) groups excluding carboxylic acids is 1. The molecule has 0 spiro atoms. The van der Waals surface area contributed by atoms with Crippen molar-refractivity contribution in [2.24, 2.45) is 5.92 Å². The standard InChI is InChI=1S/C12H16ClN3OS/c13-5-7-3-11(17)16(6-7)8-1-2-9-10(4-8)18-12(14)15-9/h7-8H,1-6H2,(H2,14,15)/t7?,8-/m0/s1. The molecule has 1 saturated heterocycles. The first-order valence-electron chi connectivity index (χ1n) is 6.27. The number of amides is 1. The third-order valence-corrected chi connectivity index (χ3v) is 5.21. The van der Waals surface area contributed by atoms with Crippen molar-refractivity contribution in [3.05, 3.63) is 10.6 Å². The Labute approximate surface area is 115 Å². The number of likely N-dealkylation sites (tertiary alicyclic amines) is 1. The molecule has 4 nitrogen and oxygen atoms in total. The number of nitrogen functional groups attached to an aromatic ring is 1. The lowest BCUT2D eigenvalue weighted by Gasteiger charge is -2.30. The third kappa shape index (κ3) is 2.10. The third-order valence-electron chi connectivity index (χ3n) is 3.83. The number of anilines is 1. The maximum absolute atomic E-state index is 12.0. The van der Waals surface area contributed by atoms with Gasteiger partial charge in [0.15, 0.2) is 5.13 Å². The van der Waals surface area contributed by atoms with E-state index in [0.717, 1.165) is 31.5 Å². The largest absolute Gasteiger partial charge is 0.375 e. The van der Waals surface area contributed by atoms with E-state index in [9.17, 15) is 4.79 Å². The van der Waals surface area contributed by atoms with Crippen LogP contribution in [0.4, 0.5) is 5.13 Å². The molecule has 0 aromatic carbocycles. The van der Waals surface area contributed by atoms with E-state index in [0.29, 0.717) is 29.4 Å². The minimum atomic E-state index is 0.256. The Morgan fingerprint density at radius 2 is 2.33 bits per heavy atom. The second kappa shape index (κ2) is 4.70. The van der Waals surface area contributed by atoms with Crippen molar-refractivity contribution < 1.29 is 4.79 Å². The Morgan fingerprint density at radius 1 is 1.50 bits per heavy atom. The van der Waals surface area contributed by atoms with Crippen LogP contribution in [0.25, 0.3) is 0 Å². The van der Waals surface area contributed by atoms with E-state index >= 15 is 0 Å². The van der Waals surface area contributed by atoms with Crippen LogP contribution in [0.15, 0.2) is 0 Å². The number of thiazole rings is 1. The summed E-state index contributed by atoms with van der Waals surface area (Å²) >= 11 is 7.42. The van der Waals surface area contributed by atoms with Gasteiger partial charge in [-0.1, -0.05) is 0 Å². The molecule has 0 radical (unpaired) electrons. The summed E-state index contributed by atoms with van der Waals surface area (Å²) in [5.41, 5.74) is 6.87. The number of nitrogens with two attached hydrogens (primary N) is 1. The number of halogens is 1. The van der Waals surface area contributed by atoms with Crippen molar-refractivity contribution in [1.29, 1.82) is 0 Å². The number of alkyl halides is 1. The van der Waals surface area contributed by atoms with Crippen LogP contribution < -0.4 is 5.73 Å². The van der Waals surface area contributed by atoms with Crippen LogP contribution in [0, 0.1) is 5.92 Å². The zero-order valence-electron chi connectivity index (χ0n) is 10.1. The first-order chi connectivity index (χ1) is 8.67. The summed E-state index contributed by atoms with van der Waals surface area (Å²) < 4.78 is 0. The summed E-state index contributed by atoms with van der Waals surface area (Å²) in [5, 5.41) is 0.645. The summed E-state index contributed by atoms with van der Waals surface area (Å²) in [7, 11) is 0. The molecule has 0 saturated carbocycles. The fraction of sp³-hybridized carbons (Fsp3) is 0.667. The molecule has 98 valence electrons. The summed E-state index contributed by atoms with van der Waals surface area (Å²) in [4.78, 5) is 19.6. The van der Waals surface area contributed by atoms with Crippen molar-refractivity contribution in [2.75, 3.05) is 18.2 Å². The number of hydrogen-bond donors (Lipinski definition) is 1. The zero-order chi connectivity index (χ0) is 12.7. The van der Waals surface area contributed by atoms with Crippen LogP contribution in [0.5, 0.6) is 0 Å². The predicted octanol–water partition coefficient (Wildman–Crippen LogP) is 1.67. The van der Waals surface area contributed by atoms with E-state index < -0.39 is 0 Å². The number of rotatable bonds is 2. The number of aromatic nitrogens is 1. The maximum atomic E-state index is 12.0. The highest BCUT2D eigenvalue weighted by Gasteiger charge is 2.36. The van der Waals surface area contributed by atoms with E-state index in [1.807, 2.05) is 4.90 Å². The molecule has 1 aliphatic carbocycles. The molecule has 2 aliphatic rings. The van der Waals surface area contributed by atoms with Gasteiger partial charge in [-0.15, -0.1) is 22.9 Å². The topological polar surface area (TPSA) is 59.2 Å². The monoisotopic (exact) mass is 285 g/mol. The van der Waals surface area contributed by atoms with Gasteiger partial charge in [0.2, 0.25) is 5.91 Å². The highest BCUT2D eigenvalue weighted by Crippen LogP contribution is 2.32. The van der Waals surface area contributed by atoms with Crippen LogP contribution >= 0.6 is 22.9 Å². The quantitative estimate of drug-likeness (QED) is 0.841. The number of fused-ring (bicyclic) bond motifs is 1. The molecular formula is C12H16ClN3OS. The molecule has 1 unspecified atom stereocenters. The van der Waals surface area contributed by atoms with E-state index in [4.69, 9.17) is 17.3 Å². The Kier molecular flexibility index (Phi) is 3.20. The molecule has 2 heterocycles. The van der Waals surface area contributed by atoms with E-state index in [-0.39, 0.29) is 5.91 Å². The lowest BCUT2D eigenvalue weighted by Crippen LogP contribution is -2.40. The molecule has 1 aromatic heterocycles. The molecule has 3 rings (SSSR count). The molecule has 6 heteroatoms. The van der Waals surface area contributed by atoms with E-state index in [1.165, 1.54) is 4.88 Å². The SMILES string of the molecule is Nc1nc2c(s1)C[C@@H](N1CC(CCl)CC1=O)CC2. The fourth-order valence-corrected chi connectivity index (χ4v) is 4.06. The maximum Gasteiger partial charge on any atom is 0.223 e. The minimum Gasteiger partial charge on any atom is -0.375 e. The second-order valence-electron chi connectivity index (χ2n) is 5.09. The summed E-state index contributed by atoms with van der Waals surface area (Å²) in [6.07, 6.45) is 3.45. The molecule has 1 aromatic rings. The average Bonchev–Trinajstić information content (AvgIpc) is 2.89. The number of nitrogens with zero attached hydrogens (tertiary/aromatic N) is 2. The van der Waals surface area contributed by atoms with Gasteiger partial charge < -0.3 is 10.6 Å². The molecule has 1 fully saturated rings. The average molecular weight is 286 g/mol. The summed E-state index contributed by atoms with van der Waals surface area (Å²) in [5.74, 6) is 1.16. The van der Waals surface area contributed by atoms with Crippen LogP contribution in [0.2, 0.25) is 0 Å². The molecule has 2 atom stereocenters. The summed E-state index contributed by atoms with van der Waals surface area (Å²) in [6.45, 7) is 0.816. The first-order valence-corrected chi connectivity index (χ1v) is 7.62. The zero-order valence-corrected chi connectivity index (χ0v) is 11.6. The number of hydrogen-bond acceptors (Lipinski definition) is 4. The Balaban J connectivity index is 1.74. The van der Waals surface area contributed by atoms with Crippen molar-refractivity contribution in [2.45, 2.75) is 31.7 Å². The van der Waals surface area contributed by atoms with Gasteiger partial charge in [-0.3, -0.25) is 4.79 Å². The highest BCUT2D eigenvalue weighted by atomic mass is 35.5. The van der Waals surface area contributed by atoms with Crippen molar-refractivity contribution >= 4 is 34.0 Å². The van der Waals surface area contributed by atoms with Crippen LogP contribution in [-0.2, 0) is 17.6 Å². The van der Waals surface area contributed by atoms with E-state index in [1.54, 1.807) is 11.3 Å². The normalized spacial score (nSPS) is 27.6. The summed E-state index contributed by atoms with van der Waals surface area (Å²) in [6, 6.07) is 0.318. The van der Waals surface area contributed by atoms with Gasteiger partial charge in [-0.05, 0) is 18.8 Å². The molecular weight excluding hydrogens is 270 g/mol. The van der Waals surface area contributed by atoms with Crippen molar-refractivity contribution in [1.82, 2.24) is 9.88 Å². The second-order valence-corrected chi connectivity index (χ2v) is 6.51. The van der Waals surface area contributed by atoms with Gasteiger partial charge in [0.05, 0.1) is 5.69 Å². The molecule has 1 aliphatic heterocycles. The molecule has 18 heavy (non-hydrogen) atoms. The molecule has 2 N–H and O–H groups in total. The Bertz CT molecular complexity index is 476.